The normalized spacial score (nSPS) is 16.8. The minimum absolute atomic E-state index is 0.00947. The number of nitro benzene ring substituents is 1. The number of benzene rings is 2. The number of hydrogen-bond donors (Lipinski definition) is 1. The van der Waals surface area contributed by atoms with Crippen LogP contribution in [-0.2, 0) is 4.79 Å². The second-order valence-electron chi connectivity index (χ2n) is 6.02. The summed E-state index contributed by atoms with van der Waals surface area (Å²) in [6, 6.07) is 11.3. The van der Waals surface area contributed by atoms with Gasteiger partial charge in [0.15, 0.2) is 5.17 Å². The Morgan fingerprint density at radius 2 is 2.07 bits per heavy atom. The number of rotatable bonds is 5. The molecule has 1 amide bonds. The van der Waals surface area contributed by atoms with Gasteiger partial charge in [0.25, 0.3) is 11.6 Å². The Bertz CT molecular complexity index is 1030. The molecule has 3 rings (SSSR count). The number of carbonyl (C=O) groups is 1. The number of phenolic OH excluding ortho intramolecular Hbond substituents is 1. The molecule has 1 heterocycles. The average molecular weight is 395 g/mol. The molecule has 1 aliphatic rings. The van der Waals surface area contributed by atoms with Crippen LogP contribution in [0.15, 0.2) is 65.0 Å². The largest absolute Gasteiger partial charge is 0.506 e. The van der Waals surface area contributed by atoms with E-state index < -0.39 is 4.92 Å². The number of amides is 1. The number of aliphatic imine (C=N–C) groups is 1. The third kappa shape index (κ3) is 3.96. The maximum absolute atomic E-state index is 12.8. The molecule has 1 aliphatic heterocycles. The molecule has 0 atom stereocenters. The topological polar surface area (TPSA) is 96.0 Å². The highest BCUT2D eigenvalue weighted by molar-refractivity contribution is 8.18. The summed E-state index contributed by atoms with van der Waals surface area (Å²) in [6.45, 7) is 5.74. The molecule has 2 aromatic rings. The van der Waals surface area contributed by atoms with Crippen molar-refractivity contribution in [2.75, 3.05) is 6.54 Å². The molecule has 7 nitrogen and oxygen atoms in total. The van der Waals surface area contributed by atoms with E-state index in [4.69, 9.17) is 0 Å². The van der Waals surface area contributed by atoms with Gasteiger partial charge in [0, 0.05) is 12.6 Å². The van der Waals surface area contributed by atoms with Crippen LogP contribution in [0.25, 0.3) is 6.08 Å². The Labute approximate surface area is 165 Å². The molecule has 1 saturated heterocycles. The SMILES string of the molecule is C=CCN1C(=O)/C(=C/c2ccccc2[N+](=O)[O-])SC1=Nc1ccc(C)cc1O. The monoisotopic (exact) mass is 395 g/mol. The number of aryl methyl sites for hydroxylation is 1. The maximum Gasteiger partial charge on any atom is 0.276 e. The fourth-order valence-corrected chi connectivity index (χ4v) is 3.62. The fourth-order valence-electron chi connectivity index (χ4n) is 2.63. The van der Waals surface area contributed by atoms with Crippen LogP contribution in [-0.4, -0.2) is 32.5 Å². The van der Waals surface area contributed by atoms with Crippen LogP contribution in [0.1, 0.15) is 11.1 Å². The molecule has 0 saturated carbocycles. The summed E-state index contributed by atoms with van der Waals surface area (Å²) in [6.07, 6.45) is 3.05. The van der Waals surface area contributed by atoms with E-state index in [1.165, 1.54) is 17.0 Å². The van der Waals surface area contributed by atoms with Gasteiger partial charge in [-0.05, 0) is 48.5 Å². The van der Waals surface area contributed by atoms with Gasteiger partial charge in [-0.2, -0.15) is 0 Å². The zero-order valence-corrected chi connectivity index (χ0v) is 15.8. The first-order valence-electron chi connectivity index (χ1n) is 8.34. The van der Waals surface area contributed by atoms with Crippen molar-refractivity contribution >= 4 is 40.3 Å². The summed E-state index contributed by atoms with van der Waals surface area (Å²) in [5.74, 6) is -0.316. The predicted octanol–water partition coefficient (Wildman–Crippen LogP) is 4.40. The molecule has 0 aromatic heterocycles. The fraction of sp³-hybridized carbons (Fsp3) is 0.100. The van der Waals surface area contributed by atoms with Crippen molar-refractivity contribution in [1.82, 2.24) is 4.90 Å². The molecule has 8 heteroatoms. The predicted molar refractivity (Wildman–Crippen MR) is 111 cm³/mol. The lowest BCUT2D eigenvalue weighted by Crippen LogP contribution is -2.29. The number of amidine groups is 1. The van der Waals surface area contributed by atoms with Crippen molar-refractivity contribution in [3.05, 3.63) is 81.3 Å². The zero-order chi connectivity index (χ0) is 20.3. The van der Waals surface area contributed by atoms with E-state index in [0.717, 1.165) is 17.3 Å². The number of nitro groups is 1. The van der Waals surface area contributed by atoms with Crippen molar-refractivity contribution < 1.29 is 14.8 Å². The van der Waals surface area contributed by atoms with Crippen LogP contribution < -0.4 is 0 Å². The molecule has 2 aromatic carbocycles. The first-order valence-corrected chi connectivity index (χ1v) is 9.16. The minimum atomic E-state index is -0.489. The highest BCUT2D eigenvalue weighted by atomic mass is 32.2. The van der Waals surface area contributed by atoms with Crippen molar-refractivity contribution in [3.63, 3.8) is 0 Å². The molecule has 142 valence electrons. The molecule has 1 N–H and O–H groups in total. The summed E-state index contributed by atoms with van der Waals surface area (Å²) in [7, 11) is 0. The first-order chi connectivity index (χ1) is 13.4. The molecule has 28 heavy (non-hydrogen) atoms. The molecule has 0 bridgehead atoms. The Hall–Kier alpha value is -3.39. The Morgan fingerprint density at radius 3 is 2.75 bits per heavy atom. The van der Waals surface area contributed by atoms with Crippen molar-refractivity contribution in [1.29, 1.82) is 0 Å². The van der Waals surface area contributed by atoms with Gasteiger partial charge in [0.05, 0.1) is 15.4 Å². The summed E-state index contributed by atoms with van der Waals surface area (Å²) >= 11 is 1.10. The van der Waals surface area contributed by atoms with Crippen LogP contribution in [0, 0.1) is 17.0 Å². The number of carbonyl (C=O) groups excluding carboxylic acids is 1. The lowest BCUT2D eigenvalue weighted by molar-refractivity contribution is -0.385. The number of para-hydroxylation sites is 1. The van der Waals surface area contributed by atoms with Gasteiger partial charge in [0.1, 0.15) is 11.4 Å². The average Bonchev–Trinajstić information content (AvgIpc) is 2.93. The van der Waals surface area contributed by atoms with Crippen LogP contribution in [0.2, 0.25) is 0 Å². The number of phenols is 1. The maximum atomic E-state index is 12.8. The number of thioether (sulfide) groups is 1. The molecule has 1 fully saturated rings. The van der Waals surface area contributed by atoms with Gasteiger partial charge in [0.2, 0.25) is 0 Å². The van der Waals surface area contributed by atoms with Gasteiger partial charge in [-0.1, -0.05) is 24.3 Å². The third-order valence-corrected chi connectivity index (χ3v) is 4.97. The van der Waals surface area contributed by atoms with Crippen molar-refractivity contribution in [3.8, 4) is 5.75 Å². The standard InChI is InChI=1S/C20H17N3O4S/c1-3-10-22-19(25)18(12-14-6-4-5-7-16(14)23(26)27)28-20(22)21-15-9-8-13(2)11-17(15)24/h3-9,11-12,24H,1,10H2,2H3/b18-12-,21-20?. The summed E-state index contributed by atoms with van der Waals surface area (Å²) in [5.41, 5.74) is 1.47. The van der Waals surface area contributed by atoms with E-state index >= 15 is 0 Å². The molecule has 0 radical (unpaired) electrons. The molecule has 0 spiro atoms. The van der Waals surface area contributed by atoms with Gasteiger partial charge in [-0.25, -0.2) is 4.99 Å². The number of hydrogen-bond acceptors (Lipinski definition) is 6. The van der Waals surface area contributed by atoms with Crippen LogP contribution in [0.5, 0.6) is 5.75 Å². The van der Waals surface area contributed by atoms with Gasteiger partial charge in [-0.15, -0.1) is 6.58 Å². The van der Waals surface area contributed by atoms with E-state index in [0.29, 0.717) is 21.3 Å². The Kier molecular flexibility index (Phi) is 5.60. The van der Waals surface area contributed by atoms with Crippen LogP contribution in [0.4, 0.5) is 11.4 Å². The van der Waals surface area contributed by atoms with E-state index in [9.17, 15) is 20.0 Å². The molecular weight excluding hydrogens is 378 g/mol. The summed E-state index contributed by atoms with van der Waals surface area (Å²) in [5, 5.41) is 21.7. The lowest BCUT2D eigenvalue weighted by Gasteiger charge is -2.12. The van der Waals surface area contributed by atoms with Gasteiger partial charge in [-0.3, -0.25) is 19.8 Å². The highest BCUT2D eigenvalue weighted by Crippen LogP contribution is 2.37. The minimum Gasteiger partial charge on any atom is -0.506 e. The molecular formula is C20H17N3O4S. The second kappa shape index (κ2) is 8.10. The third-order valence-electron chi connectivity index (χ3n) is 3.97. The van der Waals surface area contributed by atoms with Crippen molar-refractivity contribution in [2.24, 2.45) is 4.99 Å². The van der Waals surface area contributed by atoms with Crippen LogP contribution >= 0.6 is 11.8 Å². The number of nitrogens with zero attached hydrogens (tertiary/aromatic N) is 3. The van der Waals surface area contributed by atoms with Crippen molar-refractivity contribution in [2.45, 2.75) is 6.92 Å². The molecule has 0 unspecified atom stereocenters. The smallest absolute Gasteiger partial charge is 0.276 e. The van der Waals surface area contributed by atoms with E-state index in [2.05, 4.69) is 11.6 Å². The van der Waals surface area contributed by atoms with Gasteiger partial charge < -0.3 is 5.11 Å². The van der Waals surface area contributed by atoms with E-state index in [1.807, 2.05) is 13.0 Å². The quantitative estimate of drug-likeness (QED) is 0.350. The lowest BCUT2D eigenvalue weighted by atomic mass is 10.1. The first kappa shape index (κ1) is 19.4. The Morgan fingerprint density at radius 1 is 1.32 bits per heavy atom. The summed E-state index contributed by atoms with van der Waals surface area (Å²) < 4.78 is 0. The van der Waals surface area contributed by atoms with E-state index in [-0.39, 0.29) is 23.9 Å². The summed E-state index contributed by atoms with van der Waals surface area (Å²) in [4.78, 5) is 29.7. The highest BCUT2D eigenvalue weighted by Gasteiger charge is 2.33. The Balaban J connectivity index is 2.03. The number of aromatic hydroxyl groups is 1. The second-order valence-corrected chi connectivity index (χ2v) is 7.03. The molecule has 0 aliphatic carbocycles. The van der Waals surface area contributed by atoms with Gasteiger partial charge >= 0.3 is 0 Å². The van der Waals surface area contributed by atoms with Crippen LogP contribution in [0.3, 0.4) is 0 Å². The zero-order valence-electron chi connectivity index (χ0n) is 15.0. The van der Waals surface area contributed by atoms with E-state index in [1.54, 1.807) is 36.4 Å².